The summed E-state index contributed by atoms with van der Waals surface area (Å²) in [5.74, 6) is 0.195. The molecule has 1 atom stereocenters. The van der Waals surface area contributed by atoms with Gasteiger partial charge in [0.05, 0.1) is 17.4 Å². The number of aryl methyl sites for hydroxylation is 1. The predicted octanol–water partition coefficient (Wildman–Crippen LogP) is 3.76. The minimum absolute atomic E-state index is 0.246. The number of hydrogen-bond donors (Lipinski definition) is 1. The molecule has 0 fully saturated rings. The van der Waals surface area contributed by atoms with Crippen LogP contribution in [0.2, 0.25) is 0 Å². The number of hydrogen-bond acceptors (Lipinski definition) is 4. The van der Waals surface area contributed by atoms with Crippen molar-refractivity contribution in [3.63, 3.8) is 0 Å². The van der Waals surface area contributed by atoms with Crippen molar-refractivity contribution in [2.75, 3.05) is 12.3 Å². The number of nitrogens with two attached hydrogens (primary N) is 1. The zero-order chi connectivity index (χ0) is 19.2. The van der Waals surface area contributed by atoms with Gasteiger partial charge in [0, 0.05) is 18.5 Å². The van der Waals surface area contributed by atoms with Gasteiger partial charge in [-0.2, -0.15) is 5.10 Å². The lowest BCUT2D eigenvalue weighted by Gasteiger charge is -2.34. The molecule has 1 aromatic heterocycles. The van der Waals surface area contributed by atoms with Gasteiger partial charge in [-0.05, 0) is 58.4 Å². The fourth-order valence-corrected chi connectivity index (χ4v) is 3.23. The van der Waals surface area contributed by atoms with Crippen molar-refractivity contribution in [2.45, 2.75) is 52.7 Å². The molecule has 26 heavy (non-hydrogen) atoms. The number of ether oxygens (including phenoxy) is 1. The molecule has 7 heteroatoms. The van der Waals surface area contributed by atoms with Crippen LogP contribution in [-0.2, 0) is 11.2 Å². The summed E-state index contributed by atoms with van der Waals surface area (Å²) in [6.07, 6.45) is 0.233. The maximum Gasteiger partial charge on any atom is 0.410 e. The van der Waals surface area contributed by atoms with E-state index in [-0.39, 0.29) is 18.0 Å². The number of halogens is 1. The van der Waals surface area contributed by atoms with Gasteiger partial charge < -0.3 is 15.4 Å². The number of anilines is 1. The molecule has 1 aliphatic rings. The van der Waals surface area contributed by atoms with Gasteiger partial charge in [0.1, 0.15) is 17.2 Å². The van der Waals surface area contributed by atoms with Crippen molar-refractivity contribution in [3.8, 4) is 5.69 Å². The molecular weight excluding hydrogens is 335 g/mol. The number of fused-ring (bicyclic) bond motifs is 1. The molecule has 2 N–H and O–H groups in total. The topological polar surface area (TPSA) is 73.4 Å². The van der Waals surface area contributed by atoms with Crippen molar-refractivity contribution in [3.05, 3.63) is 40.8 Å². The van der Waals surface area contributed by atoms with E-state index < -0.39 is 5.60 Å². The summed E-state index contributed by atoms with van der Waals surface area (Å²) in [5.41, 5.74) is 8.70. The average molecular weight is 360 g/mol. The average Bonchev–Trinajstić information content (AvgIpc) is 2.86. The van der Waals surface area contributed by atoms with Crippen LogP contribution in [0.25, 0.3) is 5.69 Å². The maximum atomic E-state index is 13.6. The highest BCUT2D eigenvalue weighted by atomic mass is 19.1. The third-order valence-electron chi connectivity index (χ3n) is 4.52. The minimum Gasteiger partial charge on any atom is -0.444 e. The molecule has 3 rings (SSSR count). The number of amides is 1. The van der Waals surface area contributed by atoms with Gasteiger partial charge >= 0.3 is 6.09 Å². The highest BCUT2D eigenvalue weighted by molar-refractivity contribution is 5.70. The summed E-state index contributed by atoms with van der Waals surface area (Å²) in [4.78, 5) is 14.2. The van der Waals surface area contributed by atoms with Gasteiger partial charge in [-0.15, -0.1) is 0 Å². The Morgan fingerprint density at radius 1 is 1.38 bits per heavy atom. The van der Waals surface area contributed by atoms with Crippen LogP contribution in [0.15, 0.2) is 18.2 Å². The zero-order valence-electron chi connectivity index (χ0n) is 15.8. The molecule has 6 nitrogen and oxygen atoms in total. The normalized spacial score (nSPS) is 17.2. The lowest BCUT2D eigenvalue weighted by Crippen LogP contribution is -2.42. The lowest BCUT2D eigenvalue weighted by atomic mass is 10.00. The van der Waals surface area contributed by atoms with E-state index in [1.807, 2.05) is 27.7 Å². The molecule has 0 saturated heterocycles. The van der Waals surface area contributed by atoms with Crippen LogP contribution in [0, 0.1) is 12.7 Å². The molecular formula is C19H25FN4O2. The molecule has 0 radical (unpaired) electrons. The zero-order valence-corrected chi connectivity index (χ0v) is 15.8. The predicted molar refractivity (Wildman–Crippen MR) is 97.7 cm³/mol. The molecule has 0 spiro atoms. The second kappa shape index (κ2) is 6.30. The second-order valence-electron chi connectivity index (χ2n) is 7.69. The Bertz CT molecular complexity index is 854. The van der Waals surface area contributed by atoms with E-state index in [0.717, 1.165) is 11.3 Å². The molecule has 140 valence electrons. The summed E-state index contributed by atoms with van der Waals surface area (Å²) in [5, 5.41) is 4.60. The number of rotatable bonds is 1. The van der Waals surface area contributed by atoms with E-state index in [0.29, 0.717) is 30.0 Å². The van der Waals surface area contributed by atoms with E-state index in [1.165, 1.54) is 6.07 Å². The molecule has 2 heterocycles. The number of aromatic nitrogens is 2. The number of carbonyl (C=O) groups excluding carboxylic acids is 1. The summed E-state index contributed by atoms with van der Waals surface area (Å²) in [6.45, 7) is 9.66. The van der Waals surface area contributed by atoms with Gasteiger partial charge in [-0.25, -0.2) is 13.9 Å². The Morgan fingerprint density at radius 3 is 2.69 bits per heavy atom. The van der Waals surface area contributed by atoms with Gasteiger partial charge in [0.2, 0.25) is 0 Å². The molecule has 1 aromatic carbocycles. The van der Waals surface area contributed by atoms with E-state index in [1.54, 1.807) is 28.6 Å². The van der Waals surface area contributed by atoms with Gasteiger partial charge in [-0.1, -0.05) is 0 Å². The quantitative estimate of drug-likeness (QED) is 0.840. The monoisotopic (exact) mass is 360 g/mol. The highest BCUT2D eigenvalue weighted by Crippen LogP contribution is 2.35. The molecule has 1 amide bonds. The molecule has 2 aromatic rings. The molecule has 0 aliphatic carbocycles. The first-order valence-electron chi connectivity index (χ1n) is 8.72. The molecule has 0 bridgehead atoms. The SMILES string of the molecule is Cc1cc(-n2nc3c(c2N)[C@H](C)N(C(=O)OC(C)(C)C)CC3)ccc1F. The van der Waals surface area contributed by atoms with E-state index in [2.05, 4.69) is 5.10 Å². The highest BCUT2D eigenvalue weighted by Gasteiger charge is 2.35. The van der Waals surface area contributed by atoms with Crippen LogP contribution >= 0.6 is 0 Å². The van der Waals surface area contributed by atoms with Crippen molar-refractivity contribution < 1.29 is 13.9 Å². The third kappa shape index (κ3) is 3.25. The Balaban J connectivity index is 1.95. The maximum absolute atomic E-state index is 13.6. The van der Waals surface area contributed by atoms with Crippen LogP contribution in [0.3, 0.4) is 0 Å². The Labute approximate surface area is 152 Å². The van der Waals surface area contributed by atoms with E-state index in [4.69, 9.17) is 10.5 Å². The Hall–Kier alpha value is -2.57. The second-order valence-corrected chi connectivity index (χ2v) is 7.69. The summed E-state index contributed by atoms with van der Waals surface area (Å²) in [6, 6.07) is 4.51. The van der Waals surface area contributed by atoms with Crippen LogP contribution in [0.5, 0.6) is 0 Å². The van der Waals surface area contributed by atoms with Crippen molar-refractivity contribution in [1.29, 1.82) is 0 Å². The molecule has 1 aliphatic heterocycles. The van der Waals surface area contributed by atoms with Crippen molar-refractivity contribution in [1.82, 2.24) is 14.7 Å². The fraction of sp³-hybridized carbons (Fsp3) is 0.474. The fourth-order valence-electron chi connectivity index (χ4n) is 3.23. The lowest BCUT2D eigenvalue weighted by molar-refractivity contribution is 0.0160. The Kier molecular flexibility index (Phi) is 4.42. The first kappa shape index (κ1) is 18.2. The number of nitrogens with zero attached hydrogens (tertiary/aromatic N) is 3. The van der Waals surface area contributed by atoms with E-state index in [9.17, 15) is 9.18 Å². The van der Waals surface area contributed by atoms with Crippen LogP contribution in [0.4, 0.5) is 15.0 Å². The third-order valence-corrected chi connectivity index (χ3v) is 4.52. The van der Waals surface area contributed by atoms with E-state index >= 15 is 0 Å². The van der Waals surface area contributed by atoms with Crippen LogP contribution in [-0.4, -0.2) is 32.9 Å². The first-order valence-corrected chi connectivity index (χ1v) is 8.72. The summed E-state index contributed by atoms with van der Waals surface area (Å²) < 4.78 is 20.7. The van der Waals surface area contributed by atoms with Crippen LogP contribution in [0.1, 0.15) is 50.6 Å². The summed E-state index contributed by atoms with van der Waals surface area (Å²) in [7, 11) is 0. The number of benzene rings is 1. The Morgan fingerprint density at radius 2 is 2.08 bits per heavy atom. The molecule has 0 saturated carbocycles. The van der Waals surface area contributed by atoms with Crippen molar-refractivity contribution >= 4 is 11.9 Å². The number of carbonyl (C=O) groups is 1. The first-order chi connectivity index (χ1) is 12.1. The smallest absolute Gasteiger partial charge is 0.410 e. The van der Waals surface area contributed by atoms with Gasteiger partial charge in [0.25, 0.3) is 0 Å². The van der Waals surface area contributed by atoms with Crippen molar-refractivity contribution in [2.24, 2.45) is 0 Å². The number of nitrogen functional groups attached to an aromatic ring is 1. The van der Waals surface area contributed by atoms with Gasteiger partial charge in [0.15, 0.2) is 0 Å². The van der Waals surface area contributed by atoms with Gasteiger partial charge in [-0.3, -0.25) is 0 Å². The largest absolute Gasteiger partial charge is 0.444 e. The molecule has 0 unspecified atom stereocenters. The van der Waals surface area contributed by atoms with Crippen LogP contribution < -0.4 is 5.73 Å². The standard InChI is InChI=1S/C19H25FN4O2/c1-11-10-13(6-7-14(11)20)24-17(21)16-12(2)23(9-8-15(16)22-24)18(25)26-19(3,4)5/h6-7,10,12H,8-9,21H2,1-5H3/t12-/m0/s1. The minimum atomic E-state index is -0.557. The summed E-state index contributed by atoms with van der Waals surface area (Å²) >= 11 is 0.